The number of hydrogen-bond acceptors (Lipinski definition) is 7. The zero-order valence-electron chi connectivity index (χ0n) is 13.2. The minimum Gasteiger partial charge on any atom is -0.431 e. The molecule has 130 valence electrons. The van der Waals surface area contributed by atoms with Crippen LogP contribution in [0.5, 0.6) is 0 Å². The van der Waals surface area contributed by atoms with Crippen LogP contribution in [0.2, 0.25) is 0 Å². The molecule has 0 aliphatic carbocycles. The summed E-state index contributed by atoms with van der Waals surface area (Å²) in [4.78, 5) is 16.5. The molecule has 0 aliphatic heterocycles. The van der Waals surface area contributed by atoms with E-state index in [2.05, 4.69) is 20.5 Å². The van der Waals surface area contributed by atoms with Crippen LogP contribution in [0.1, 0.15) is 14.8 Å². The molecule has 2 aromatic heterocycles. The second-order valence-electron chi connectivity index (χ2n) is 5.20. The van der Waals surface area contributed by atoms with Crippen molar-refractivity contribution in [3.8, 4) is 0 Å². The number of halogens is 1. The Morgan fingerprint density at radius 1 is 1.15 bits per heavy atom. The topological polar surface area (TPSA) is 80.9 Å². The van der Waals surface area contributed by atoms with Crippen molar-refractivity contribution in [3.63, 3.8) is 0 Å². The van der Waals surface area contributed by atoms with Gasteiger partial charge in [0.2, 0.25) is 5.01 Å². The Morgan fingerprint density at radius 2 is 1.96 bits per heavy atom. The predicted molar refractivity (Wildman–Crippen MR) is 97.8 cm³/mol. The van der Waals surface area contributed by atoms with Gasteiger partial charge in [0.15, 0.2) is 5.58 Å². The fourth-order valence-corrected chi connectivity index (χ4v) is 3.72. The highest BCUT2D eigenvalue weighted by atomic mass is 32.2. The molecule has 0 fully saturated rings. The largest absolute Gasteiger partial charge is 0.431 e. The summed E-state index contributed by atoms with van der Waals surface area (Å²) in [6, 6.07) is 13.0. The molecule has 4 aromatic rings. The van der Waals surface area contributed by atoms with E-state index in [4.69, 9.17) is 4.42 Å². The number of aromatic nitrogens is 3. The van der Waals surface area contributed by atoms with E-state index in [0.29, 0.717) is 21.7 Å². The number of anilines is 1. The number of nitrogens with zero attached hydrogens (tertiary/aromatic N) is 3. The molecule has 6 nitrogen and oxygen atoms in total. The summed E-state index contributed by atoms with van der Waals surface area (Å²) in [6.07, 6.45) is 0. The van der Waals surface area contributed by atoms with Gasteiger partial charge < -0.3 is 9.73 Å². The zero-order chi connectivity index (χ0) is 17.9. The first-order valence-electron chi connectivity index (χ1n) is 7.55. The monoisotopic (exact) mass is 386 g/mol. The van der Waals surface area contributed by atoms with Gasteiger partial charge in [-0.05, 0) is 36.4 Å². The molecule has 0 saturated carbocycles. The number of para-hydroxylation sites is 2. The van der Waals surface area contributed by atoms with Crippen LogP contribution in [0.15, 0.2) is 58.2 Å². The Bertz CT molecular complexity index is 1030. The van der Waals surface area contributed by atoms with E-state index in [1.165, 1.54) is 47.4 Å². The van der Waals surface area contributed by atoms with Gasteiger partial charge in [0.25, 0.3) is 11.1 Å². The summed E-state index contributed by atoms with van der Waals surface area (Å²) >= 11 is 2.58. The van der Waals surface area contributed by atoms with Crippen molar-refractivity contribution in [2.24, 2.45) is 0 Å². The van der Waals surface area contributed by atoms with Crippen LogP contribution in [-0.2, 0) is 5.75 Å². The van der Waals surface area contributed by atoms with Crippen LogP contribution in [0.25, 0.3) is 11.1 Å². The minimum absolute atomic E-state index is 0.238. The lowest BCUT2D eigenvalue weighted by Crippen LogP contribution is -2.11. The zero-order valence-corrected chi connectivity index (χ0v) is 14.8. The van der Waals surface area contributed by atoms with Crippen LogP contribution >= 0.6 is 23.1 Å². The lowest BCUT2D eigenvalue weighted by atomic mass is 10.3. The molecule has 26 heavy (non-hydrogen) atoms. The Labute approximate surface area is 155 Å². The van der Waals surface area contributed by atoms with Crippen LogP contribution in [0.3, 0.4) is 0 Å². The quantitative estimate of drug-likeness (QED) is 0.513. The van der Waals surface area contributed by atoms with Crippen molar-refractivity contribution in [1.29, 1.82) is 0 Å². The molecule has 0 aliphatic rings. The molecule has 0 saturated heterocycles. The highest BCUT2D eigenvalue weighted by molar-refractivity contribution is 7.98. The Balaban J connectivity index is 1.39. The van der Waals surface area contributed by atoms with Gasteiger partial charge in [0.05, 0.1) is 5.75 Å². The van der Waals surface area contributed by atoms with Crippen LogP contribution < -0.4 is 5.32 Å². The number of nitrogens with one attached hydrogen (secondary N) is 1. The van der Waals surface area contributed by atoms with E-state index in [-0.39, 0.29) is 16.7 Å². The van der Waals surface area contributed by atoms with Crippen LogP contribution in [-0.4, -0.2) is 21.1 Å². The van der Waals surface area contributed by atoms with Crippen molar-refractivity contribution in [2.45, 2.75) is 11.0 Å². The van der Waals surface area contributed by atoms with E-state index in [9.17, 15) is 9.18 Å². The number of benzene rings is 2. The fraction of sp³-hybridized carbons (Fsp3) is 0.0588. The normalized spacial score (nSPS) is 11.0. The van der Waals surface area contributed by atoms with E-state index in [1.807, 2.05) is 24.3 Å². The molecule has 2 aromatic carbocycles. The molecule has 0 spiro atoms. The number of carbonyl (C=O) groups is 1. The molecule has 1 N–H and O–H groups in total. The standard InChI is InChI=1S/C17H11FN4O2S2/c18-10-5-7-11(8-6-10)19-15(23)16-22-21-14(26-16)9-25-17-20-12-3-1-2-4-13(12)24-17/h1-8H,9H2,(H,19,23). The van der Waals surface area contributed by atoms with Crippen LogP contribution in [0.4, 0.5) is 10.1 Å². The second-order valence-corrected chi connectivity index (χ2v) is 7.19. The number of fused-ring (bicyclic) bond motifs is 1. The summed E-state index contributed by atoms with van der Waals surface area (Å²) in [6.45, 7) is 0. The third-order valence-electron chi connectivity index (χ3n) is 3.36. The number of carbonyl (C=O) groups excluding carboxylic acids is 1. The molecule has 0 bridgehead atoms. The summed E-state index contributed by atoms with van der Waals surface area (Å²) in [5.74, 6) is -0.251. The predicted octanol–water partition coefficient (Wildman–Crippen LogP) is 4.36. The number of rotatable bonds is 5. The molecule has 9 heteroatoms. The Kier molecular flexibility index (Phi) is 4.63. The average Bonchev–Trinajstić information content (AvgIpc) is 3.28. The maximum atomic E-state index is 12.9. The molecule has 0 unspecified atom stereocenters. The average molecular weight is 386 g/mol. The molecule has 1 amide bonds. The van der Waals surface area contributed by atoms with E-state index < -0.39 is 0 Å². The SMILES string of the molecule is O=C(Nc1ccc(F)cc1)c1nnc(CSc2nc3ccccc3o2)s1. The summed E-state index contributed by atoms with van der Waals surface area (Å²) < 4.78 is 18.5. The van der Waals surface area contributed by atoms with Gasteiger partial charge in [0, 0.05) is 5.69 Å². The van der Waals surface area contributed by atoms with Crippen molar-refractivity contribution in [1.82, 2.24) is 15.2 Å². The number of amides is 1. The van der Waals surface area contributed by atoms with Gasteiger partial charge in [-0.3, -0.25) is 4.79 Å². The third kappa shape index (κ3) is 3.73. The number of thioether (sulfide) groups is 1. The summed E-state index contributed by atoms with van der Waals surface area (Å²) in [5.41, 5.74) is 2.02. The van der Waals surface area contributed by atoms with E-state index in [1.54, 1.807) is 0 Å². The van der Waals surface area contributed by atoms with E-state index >= 15 is 0 Å². The van der Waals surface area contributed by atoms with E-state index in [0.717, 1.165) is 11.1 Å². The van der Waals surface area contributed by atoms with Crippen molar-refractivity contribution < 1.29 is 13.6 Å². The first kappa shape index (κ1) is 16.7. The molecular weight excluding hydrogens is 375 g/mol. The minimum atomic E-state index is -0.382. The van der Waals surface area contributed by atoms with Gasteiger partial charge in [-0.2, -0.15) is 0 Å². The first-order valence-corrected chi connectivity index (χ1v) is 9.35. The molecule has 4 rings (SSSR count). The number of oxazole rings is 1. The smallest absolute Gasteiger partial charge is 0.286 e. The fourth-order valence-electron chi connectivity index (χ4n) is 2.16. The molecule has 0 radical (unpaired) electrons. The maximum Gasteiger partial charge on any atom is 0.286 e. The van der Waals surface area contributed by atoms with Crippen molar-refractivity contribution in [3.05, 3.63) is 64.4 Å². The summed E-state index contributed by atoms with van der Waals surface area (Å²) in [7, 11) is 0. The first-order chi connectivity index (χ1) is 12.7. The Morgan fingerprint density at radius 3 is 2.77 bits per heavy atom. The maximum absolute atomic E-state index is 12.9. The lowest BCUT2D eigenvalue weighted by Gasteiger charge is -2.01. The highest BCUT2D eigenvalue weighted by Gasteiger charge is 2.14. The van der Waals surface area contributed by atoms with Gasteiger partial charge in [-0.25, -0.2) is 9.37 Å². The van der Waals surface area contributed by atoms with Crippen LogP contribution in [0, 0.1) is 5.82 Å². The van der Waals surface area contributed by atoms with Crippen molar-refractivity contribution >= 4 is 45.8 Å². The van der Waals surface area contributed by atoms with Gasteiger partial charge in [-0.15, -0.1) is 10.2 Å². The number of hydrogen-bond donors (Lipinski definition) is 1. The van der Waals surface area contributed by atoms with Gasteiger partial charge >= 0.3 is 0 Å². The molecule has 2 heterocycles. The summed E-state index contributed by atoms with van der Waals surface area (Å²) in [5, 5.41) is 12.0. The van der Waals surface area contributed by atoms with Gasteiger partial charge in [-0.1, -0.05) is 35.2 Å². The molecular formula is C17H11FN4O2S2. The Hall–Kier alpha value is -2.78. The van der Waals surface area contributed by atoms with Crippen molar-refractivity contribution in [2.75, 3.05) is 5.32 Å². The highest BCUT2D eigenvalue weighted by Crippen LogP contribution is 2.27. The van der Waals surface area contributed by atoms with Gasteiger partial charge in [0.1, 0.15) is 16.3 Å². The second kappa shape index (κ2) is 7.22. The third-order valence-corrected chi connectivity index (χ3v) is 5.30. The molecule has 0 atom stereocenters. The lowest BCUT2D eigenvalue weighted by molar-refractivity contribution is 0.102.